The zero-order chi connectivity index (χ0) is 20.4. The molecule has 154 valence electrons. The summed E-state index contributed by atoms with van der Waals surface area (Å²) in [6.45, 7) is 6.91. The Morgan fingerprint density at radius 1 is 1.00 bits per heavy atom. The molecule has 0 aliphatic carbocycles. The van der Waals surface area contributed by atoms with E-state index in [1.54, 1.807) is 40.5 Å². The lowest BCUT2D eigenvalue weighted by molar-refractivity contribution is 0.0981. The maximum absolute atomic E-state index is 13.3. The molecule has 0 aliphatic rings. The normalized spacial score (nSPS) is 10.8. The van der Waals surface area contributed by atoms with Crippen LogP contribution in [0.2, 0.25) is 0 Å². The molecule has 1 heterocycles. The number of fused-ring (bicyclic) bond motifs is 1. The van der Waals surface area contributed by atoms with Gasteiger partial charge in [0, 0.05) is 24.2 Å². The van der Waals surface area contributed by atoms with Gasteiger partial charge in [-0.05, 0) is 64.2 Å². The first-order valence-corrected chi connectivity index (χ1v) is 10.0. The van der Waals surface area contributed by atoms with Gasteiger partial charge in [0.15, 0.2) is 10.9 Å². The number of thiazole rings is 1. The number of rotatable bonds is 6. The minimum absolute atomic E-state index is 0. The lowest BCUT2D eigenvalue weighted by atomic mass is 10.1. The van der Waals surface area contributed by atoms with E-state index in [0.29, 0.717) is 22.8 Å². The van der Waals surface area contributed by atoms with Gasteiger partial charge in [-0.15, -0.1) is 12.4 Å². The summed E-state index contributed by atoms with van der Waals surface area (Å²) in [5.74, 6) is -0.120. The number of likely N-dealkylation sites (N-methyl/N-ethyl adjacent to an activating group) is 1. The Balaban J connectivity index is 0.00000300. The van der Waals surface area contributed by atoms with E-state index in [0.717, 1.165) is 22.3 Å². The highest BCUT2D eigenvalue weighted by molar-refractivity contribution is 7.22. The van der Waals surface area contributed by atoms with Crippen LogP contribution in [0.3, 0.4) is 0 Å². The Morgan fingerprint density at radius 3 is 2.21 bits per heavy atom. The van der Waals surface area contributed by atoms with Crippen molar-refractivity contribution in [1.82, 2.24) is 9.88 Å². The van der Waals surface area contributed by atoms with Crippen LogP contribution in [-0.2, 0) is 0 Å². The molecule has 0 unspecified atom stereocenters. The molecular weight excluding hydrogens is 406 g/mol. The van der Waals surface area contributed by atoms with Crippen LogP contribution < -0.4 is 4.90 Å². The molecule has 0 radical (unpaired) electrons. The first-order valence-electron chi connectivity index (χ1n) is 9.21. The number of hydrogen-bond acceptors (Lipinski definition) is 5. The van der Waals surface area contributed by atoms with Gasteiger partial charge in [0.25, 0.3) is 5.91 Å². The largest absolute Gasteiger partial charge is 0.308 e. The highest BCUT2D eigenvalue weighted by Gasteiger charge is 2.22. The Morgan fingerprint density at radius 2 is 1.62 bits per heavy atom. The second-order valence-electron chi connectivity index (χ2n) is 7.32. The van der Waals surface area contributed by atoms with Crippen LogP contribution in [0, 0.1) is 13.8 Å². The number of benzene rings is 2. The molecule has 0 N–H and O–H groups in total. The molecule has 3 rings (SSSR count). The lowest BCUT2D eigenvalue weighted by Crippen LogP contribution is -2.36. The topological polar surface area (TPSA) is 53.5 Å². The minimum atomic E-state index is -0.106. The third kappa shape index (κ3) is 5.21. The fraction of sp³-hybridized carbons (Fsp3) is 0.318. The van der Waals surface area contributed by atoms with E-state index in [1.807, 2.05) is 19.0 Å². The average Bonchev–Trinajstić information content (AvgIpc) is 3.05. The average molecular weight is 432 g/mol. The van der Waals surface area contributed by atoms with Gasteiger partial charge in [0.1, 0.15) is 0 Å². The van der Waals surface area contributed by atoms with Gasteiger partial charge >= 0.3 is 0 Å². The molecule has 1 aromatic heterocycles. The molecule has 2 aromatic carbocycles. The molecule has 7 heteroatoms. The van der Waals surface area contributed by atoms with E-state index in [1.165, 1.54) is 12.5 Å². The number of amides is 1. The third-order valence-corrected chi connectivity index (χ3v) is 5.82. The number of anilines is 1. The highest BCUT2D eigenvalue weighted by atomic mass is 35.5. The summed E-state index contributed by atoms with van der Waals surface area (Å²) >= 11 is 1.54. The summed E-state index contributed by atoms with van der Waals surface area (Å²) in [6.07, 6.45) is 0. The molecule has 0 bridgehead atoms. The summed E-state index contributed by atoms with van der Waals surface area (Å²) in [6, 6.07) is 11.0. The van der Waals surface area contributed by atoms with E-state index in [9.17, 15) is 9.59 Å². The zero-order valence-corrected chi connectivity index (χ0v) is 19.0. The quantitative estimate of drug-likeness (QED) is 0.528. The monoisotopic (exact) mass is 431 g/mol. The SMILES string of the molecule is CC(=O)c1ccc(C(=O)N(CCN(C)C)c2nc3cc(C)cc(C)c3s2)cc1.Cl. The molecule has 3 aromatic rings. The third-order valence-electron chi connectivity index (χ3n) is 4.59. The number of hydrogen-bond donors (Lipinski definition) is 0. The van der Waals surface area contributed by atoms with Crippen molar-refractivity contribution in [3.63, 3.8) is 0 Å². The van der Waals surface area contributed by atoms with Crippen LogP contribution in [0.25, 0.3) is 10.2 Å². The molecule has 0 saturated heterocycles. The molecule has 0 saturated carbocycles. The van der Waals surface area contributed by atoms with Gasteiger partial charge < -0.3 is 4.90 Å². The van der Waals surface area contributed by atoms with Crippen molar-refractivity contribution in [2.45, 2.75) is 20.8 Å². The second-order valence-corrected chi connectivity index (χ2v) is 8.30. The van der Waals surface area contributed by atoms with Crippen molar-refractivity contribution in [3.05, 3.63) is 58.7 Å². The Bertz CT molecular complexity index is 1030. The standard InChI is InChI=1S/C22H25N3O2S.ClH/c1-14-12-15(2)20-19(13-14)23-22(28-20)25(11-10-24(4)5)21(27)18-8-6-17(7-9-18)16(3)26;/h6-9,12-13H,10-11H2,1-5H3;1H. The van der Waals surface area contributed by atoms with Gasteiger partial charge in [0.05, 0.1) is 10.2 Å². The van der Waals surface area contributed by atoms with Gasteiger partial charge in [-0.3, -0.25) is 14.5 Å². The number of carbonyl (C=O) groups excluding carboxylic acids is 2. The fourth-order valence-electron chi connectivity index (χ4n) is 3.07. The number of Topliss-reactive ketones (excluding diaryl/α,β-unsaturated/α-hetero) is 1. The lowest BCUT2D eigenvalue weighted by Gasteiger charge is -2.22. The number of nitrogens with zero attached hydrogens (tertiary/aromatic N) is 3. The summed E-state index contributed by atoms with van der Waals surface area (Å²) in [5, 5.41) is 0.700. The molecule has 1 amide bonds. The smallest absolute Gasteiger partial charge is 0.260 e. The maximum atomic E-state index is 13.3. The van der Waals surface area contributed by atoms with Crippen molar-refractivity contribution in [2.75, 3.05) is 32.1 Å². The number of ketones is 1. The molecule has 0 spiro atoms. The maximum Gasteiger partial charge on any atom is 0.260 e. The van der Waals surface area contributed by atoms with Crippen molar-refractivity contribution >= 4 is 50.8 Å². The first kappa shape index (κ1) is 23.0. The molecule has 0 fully saturated rings. The van der Waals surface area contributed by atoms with E-state index >= 15 is 0 Å². The van der Waals surface area contributed by atoms with Crippen LogP contribution in [-0.4, -0.2) is 48.8 Å². The predicted molar refractivity (Wildman–Crippen MR) is 123 cm³/mol. The Labute approximate surface area is 181 Å². The summed E-state index contributed by atoms with van der Waals surface area (Å²) in [5.41, 5.74) is 4.41. The zero-order valence-electron chi connectivity index (χ0n) is 17.4. The Kier molecular flexibility index (Phi) is 7.52. The number of carbonyl (C=O) groups is 2. The molecular formula is C22H26ClN3O2S. The number of aryl methyl sites for hydroxylation is 2. The van der Waals surface area contributed by atoms with Gasteiger partial charge in [-0.2, -0.15) is 0 Å². The van der Waals surface area contributed by atoms with Crippen molar-refractivity contribution in [1.29, 1.82) is 0 Å². The van der Waals surface area contributed by atoms with Gasteiger partial charge in [-0.1, -0.05) is 29.5 Å². The Hall–Kier alpha value is -2.28. The summed E-state index contributed by atoms with van der Waals surface area (Å²) in [4.78, 5) is 33.3. The van der Waals surface area contributed by atoms with Crippen LogP contribution >= 0.6 is 23.7 Å². The van der Waals surface area contributed by atoms with E-state index in [-0.39, 0.29) is 24.1 Å². The molecule has 0 aliphatic heterocycles. The van der Waals surface area contributed by atoms with Gasteiger partial charge in [-0.25, -0.2) is 4.98 Å². The highest BCUT2D eigenvalue weighted by Crippen LogP contribution is 2.32. The minimum Gasteiger partial charge on any atom is -0.308 e. The van der Waals surface area contributed by atoms with E-state index in [4.69, 9.17) is 4.98 Å². The van der Waals surface area contributed by atoms with Crippen molar-refractivity contribution in [3.8, 4) is 0 Å². The van der Waals surface area contributed by atoms with Crippen LogP contribution in [0.15, 0.2) is 36.4 Å². The van der Waals surface area contributed by atoms with Crippen LogP contribution in [0.1, 0.15) is 38.8 Å². The second kappa shape index (κ2) is 9.48. The molecule has 29 heavy (non-hydrogen) atoms. The summed E-state index contributed by atoms with van der Waals surface area (Å²) in [7, 11) is 3.96. The van der Waals surface area contributed by atoms with E-state index in [2.05, 4.69) is 26.0 Å². The van der Waals surface area contributed by atoms with Gasteiger partial charge in [0.2, 0.25) is 0 Å². The molecule has 0 atom stereocenters. The number of halogens is 1. The summed E-state index contributed by atoms with van der Waals surface area (Å²) < 4.78 is 1.11. The molecule has 5 nitrogen and oxygen atoms in total. The van der Waals surface area contributed by atoms with Crippen LogP contribution in [0.4, 0.5) is 5.13 Å². The van der Waals surface area contributed by atoms with Crippen molar-refractivity contribution in [2.24, 2.45) is 0 Å². The first-order chi connectivity index (χ1) is 13.3. The van der Waals surface area contributed by atoms with Crippen molar-refractivity contribution < 1.29 is 9.59 Å². The fourth-order valence-corrected chi connectivity index (χ4v) is 4.11. The predicted octanol–water partition coefficient (Wildman–Crippen LogP) is 4.75. The van der Waals surface area contributed by atoms with Crippen LogP contribution in [0.5, 0.6) is 0 Å². The van der Waals surface area contributed by atoms with E-state index < -0.39 is 0 Å². The number of aromatic nitrogens is 1.